The molecule has 0 saturated carbocycles. The summed E-state index contributed by atoms with van der Waals surface area (Å²) in [5.74, 6) is -2.47. The maximum Gasteiger partial charge on any atom is 0.332 e. The van der Waals surface area contributed by atoms with E-state index in [1.165, 1.54) is 24.3 Å². The highest BCUT2D eigenvalue weighted by molar-refractivity contribution is 8.22. The Kier molecular flexibility index (Phi) is 5.33. The van der Waals surface area contributed by atoms with Crippen molar-refractivity contribution in [3.63, 3.8) is 0 Å². The Labute approximate surface area is 109 Å². The maximum atomic E-state index is 10.4. The van der Waals surface area contributed by atoms with Gasteiger partial charge in [-0.25, -0.2) is 0 Å². The molecule has 0 aliphatic carbocycles. The van der Waals surface area contributed by atoms with Crippen LogP contribution in [0.3, 0.4) is 0 Å². The van der Waals surface area contributed by atoms with E-state index >= 15 is 0 Å². The largest absolute Gasteiger partial charge is 0.433 e. The van der Waals surface area contributed by atoms with Gasteiger partial charge in [0.15, 0.2) is 0 Å². The summed E-state index contributed by atoms with van der Waals surface area (Å²) in [4.78, 5) is 9.95. The molecule has 0 spiro atoms. The summed E-state index contributed by atoms with van der Waals surface area (Å²) in [6.07, 6.45) is 0.786. The van der Waals surface area contributed by atoms with Gasteiger partial charge in [-0.2, -0.15) is 0 Å². The Morgan fingerprint density at radius 3 is 2.53 bits per heavy atom. The predicted molar refractivity (Wildman–Crippen MR) is 70.1 cm³/mol. The fourth-order valence-electron chi connectivity index (χ4n) is 0.981. The van der Waals surface area contributed by atoms with Crippen molar-refractivity contribution in [1.82, 2.24) is 0 Å². The highest BCUT2D eigenvalue weighted by Gasteiger charge is 2.17. The van der Waals surface area contributed by atoms with E-state index < -0.39 is 10.8 Å². The first kappa shape index (κ1) is 14.4. The molecule has 0 heterocycles. The fraction of sp³-hybridized carbons (Fsp3) is 0.333. The molecule has 0 saturated heterocycles. The van der Waals surface area contributed by atoms with Crippen LogP contribution in [0, 0.1) is 10.1 Å². The quantitative estimate of drug-likeness (QED) is 0.453. The Morgan fingerprint density at radius 1 is 1.47 bits per heavy atom. The van der Waals surface area contributed by atoms with Crippen molar-refractivity contribution in [1.29, 1.82) is 0 Å². The zero-order valence-electron chi connectivity index (χ0n) is 9.04. The fourth-order valence-corrected chi connectivity index (χ4v) is 2.74. The molecular formula is C9H11ClNO4PS. The van der Waals surface area contributed by atoms with Crippen LogP contribution >= 0.6 is 17.1 Å². The van der Waals surface area contributed by atoms with E-state index in [0.29, 0.717) is 12.4 Å². The SMILES string of the molecule is CCCOP(=S)(Cl)Oc1ccc([N+](=O)[O-])cc1. The average Bonchev–Trinajstić information content (AvgIpc) is 2.26. The highest BCUT2D eigenvalue weighted by Crippen LogP contribution is 2.53. The van der Waals surface area contributed by atoms with Gasteiger partial charge < -0.3 is 9.05 Å². The smallest absolute Gasteiger partial charge is 0.332 e. The lowest BCUT2D eigenvalue weighted by molar-refractivity contribution is -0.384. The van der Waals surface area contributed by atoms with Crippen LogP contribution in [-0.4, -0.2) is 11.5 Å². The number of nitrogens with zero attached hydrogens (tertiary/aromatic N) is 1. The molecule has 1 aromatic rings. The highest BCUT2D eigenvalue weighted by atomic mass is 35.7. The molecule has 94 valence electrons. The molecule has 0 fully saturated rings. The topological polar surface area (TPSA) is 61.6 Å². The summed E-state index contributed by atoms with van der Waals surface area (Å²) in [6, 6.07) is 5.52. The number of hydrogen-bond donors (Lipinski definition) is 0. The van der Waals surface area contributed by atoms with Crippen LogP contribution < -0.4 is 4.52 Å². The molecular weight excluding hydrogens is 285 g/mol. The predicted octanol–water partition coefficient (Wildman–Crippen LogP) is 3.86. The van der Waals surface area contributed by atoms with Crippen LogP contribution in [0.2, 0.25) is 0 Å². The van der Waals surface area contributed by atoms with Crippen molar-refractivity contribution in [3.05, 3.63) is 34.4 Å². The first-order valence-corrected chi connectivity index (χ1v) is 8.37. The van der Waals surface area contributed by atoms with Crippen LogP contribution in [0.25, 0.3) is 0 Å². The van der Waals surface area contributed by atoms with Crippen LogP contribution in [-0.2, 0) is 16.3 Å². The summed E-state index contributed by atoms with van der Waals surface area (Å²) < 4.78 is 10.5. The van der Waals surface area contributed by atoms with Crippen LogP contribution in [0.4, 0.5) is 5.69 Å². The normalized spacial score (nSPS) is 14.0. The minimum atomic E-state index is -2.83. The van der Waals surface area contributed by atoms with E-state index in [4.69, 9.17) is 32.1 Å². The summed E-state index contributed by atoms with van der Waals surface area (Å²) in [6.45, 7) is 2.35. The Hall–Kier alpha value is -0.680. The molecule has 8 heteroatoms. The maximum absolute atomic E-state index is 10.4. The van der Waals surface area contributed by atoms with Crippen molar-refractivity contribution < 1.29 is 14.0 Å². The zero-order chi connectivity index (χ0) is 12.9. The summed E-state index contributed by atoms with van der Waals surface area (Å²) >= 11 is 10.9. The number of nitro groups is 1. The number of benzene rings is 1. The van der Waals surface area contributed by atoms with Gasteiger partial charge in [0.2, 0.25) is 0 Å². The Balaban J connectivity index is 2.68. The van der Waals surface area contributed by atoms with E-state index in [1.54, 1.807) is 0 Å². The first-order chi connectivity index (χ1) is 7.94. The lowest BCUT2D eigenvalue weighted by Crippen LogP contribution is -1.94. The molecule has 1 aromatic carbocycles. The van der Waals surface area contributed by atoms with Crippen molar-refractivity contribution in [3.8, 4) is 5.75 Å². The molecule has 0 N–H and O–H groups in total. The Morgan fingerprint density at radius 2 is 2.06 bits per heavy atom. The number of nitro benzene ring substituents is 1. The van der Waals surface area contributed by atoms with Crippen molar-refractivity contribution in [2.24, 2.45) is 0 Å². The van der Waals surface area contributed by atoms with Gasteiger partial charge in [-0.3, -0.25) is 10.1 Å². The zero-order valence-corrected chi connectivity index (χ0v) is 11.5. The van der Waals surface area contributed by atoms with Crippen molar-refractivity contribution in [2.75, 3.05) is 6.61 Å². The summed E-state index contributed by atoms with van der Waals surface area (Å²) in [5.41, 5.74) is -0.0188. The lowest BCUT2D eigenvalue weighted by Gasteiger charge is -2.15. The molecule has 0 radical (unpaired) electrons. The van der Waals surface area contributed by atoms with E-state index in [0.717, 1.165) is 6.42 Å². The molecule has 5 nitrogen and oxygen atoms in total. The monoisotopic (exact) mass is 295 g/mol. The van der Waals surface area contributed by atoms with Crippen LogP contribution in [0.5, 0.6) is 5.75 Å². The van der Waals surface area contributed by atoms with Gasteiger partial charge in [-0.1, -0.05) is 6.92 Å². The standard InChI is InChI=1S/C9H11ClNO4PS/c1-2-7-14-16(10,17)15-9-5-3-8(4-6-9)11(12)13/h3-6H,2,7H2,1H3. The third-order valence-corrected chi connectivity index (χ3v) is 3.67. The van der Waals surface area contributed by atoms with E-state index in [2.05, 4.69) is 0 Å². The number of hydrogen-bond acceptors (Lipinski definition) is 5. The van der Waals surface area contributed by atoms with Gasteiger partial charge in [-0.15, -0.1) is 0 Å². The van der Waals surface area contributed by atoms with Crippen LogP contribution in [0.15, 0.2) is 24.3 Å². The van der Waals surface area contributed by atoms with Gasteiger partial charge >= 0.3 is 5.84 Å². The third-order valence-electron chi connectivity index (χ3n) is 1.71. The Bertz CT molecular complexity index is 439. The van der Waals surface area contributed by atoms with E-state index in [-0.39, 0.29) is 5.69 Å². The van der Waals surface area contributed by atoms with Gasteiger partial charge in [0, 0.05) is 12.1 Å². The molecule has 0 aliphatic rings. The van der Waals surface area contributed by atoms with Crippen molar-refractivity contribution >= 4 is 34.6 Å². The van der Waals surface area contributed by atoms with Gasteiger partial charge in [0.1, 0.15) is 5.75 Å². The number of rotatable bonds is 6. The van der Waals surface area contributed by atoms with Gasteiger partial charge in [0.05, 0.1) is 11.5 Å². The molecule has 0 amide bonds. The number of halogens is 1. The second-order valence-electron chi connectivity index (χ2n) is 3.11. The first-order valence-electron chi connectivity index (χ1n) is 4.83. The van der Waals surface area contributed by atoms with E-state index in [9.17, 15) is 10.1 Å². The molecule has 0 aliphatic heterocycles. The lowest BCUT2D eigenvalue weighted by atomic mass is 10.3. The van der Waals surface area contributed by atoms with E-state index in [1.807, 2.05) is 6.92 Å². The van der Waals surface area contributed by atoms with Crippen LogP contribution in [0.1, 0.15) is 13.3 Å². The summed E-state index contributed by atoms with van der Waals surface area (Å²) in [5, 5.41) is 10.4. The molecule has 1 rings (SSSR count). The van der Waals surface area contributed by atoms with Crippen molar-refractivity contribution in [2.45, 2.75) is 13.3 Å². The van der Waals surface area contributed by atoms with Gasteiger partial charge in [-0.05, 0) is 41.6 Å². The minimum absolute atomic E-state index is 0.0188. The number of non-ortho nitro benzene ring substituents is 1. The third kappa shape index (κ3) is 5.00. The molecule has 0 bridgehead atoms. The van der Waals surface area contributed by atoms with Gasteiger partial charge in [0.25, 0.3) is 5.69 Å². The average molecular weight is 296 g/mol. The molecule has 1 unspecified atom stereocenters. The summed E-state index contributed by atoms with van der Waals surface area (Å²) in [7, 11) is 0. The molecule has 1 atom stereocenters. The molecule has 0 aromatic heterocycles. The second kappa shape index (κ2) is 6.31. The second-order valence-corrected chi connectivity index (χ2v) is 7.79. The molecule has 17 heavy (non-hydrogen) atoms. The minimum Gasteiger partial charge on any atom is -0.433 e.